The molecular weight excluding hydrogens is 234 g/mol. The number of aromatic nitrogens is 1. The molecule has 1 aromatic heterocycles. The van der Waals surface area contributed by atoms with E-state index >= 15 is 0 Å². The maximum absolute atomic E-state index is 4.12. The van der Waals surface area contributed by atoms with Gasteiger partial charge in [-0.15, -0.1) is 0 Å². The fourth-order valence-corrected chi connectivity index (χ4v) is 3.55. The predicted molar refractivity (Wildman–Crippen MR) is 79.4 cm³/mol. The van der Waals surface area contributed by atoms with Gasteiger partial charge in [-0.2, -0.15) is 0 Å². The number of rotatable bonds is 1. The normalized spacial score (nSPS) is 28.5. The van der Waals surface area contributed by atoms with E-state index in [1.807, 2.05) is 12.4 Å². The summed E-state index contributed by atoms with van der Waals surface area (Å²) in [5, 5.41) is 0. The van der Waals surface area contributed by atoms with Gasteiger partial charge >= 0.3 is 0 Å². The Morgan fingerprint density at radius 2 is 1.74 bits per heavy atom. The highest BCUT2D eigenvalue weighted by Crippen LogP contribution is 2.42. The zero-order chi connectivity index (χ0) is 13.5. The summed E-state index contributed by atoms with van der Waals surface area (Å²) >= 11 is 0. The third-order valence-electron chi connectivity index (χ3n) is 4.85. The SMILES string of the molecule is CC(C)(C)N1CCC2(CCN(c3ccncc3)C2)C1. The molecule has 2 saturated heterocycles. The Kier molecular flexibility index (Phi) is 3.05. The van der Waals surface area contributed by atoms with Crippen molar-refractivity contribution >= 4 is 5.69 Å². The van der Waals surface area contributed by atoms with Gasteiger partial charge in [0.2, 0.25) is 0 Å². The van der Waals surface area contributed by atoms with Gasteiger partial charge in [0, 0.05) is 48.7 Å². The Morgan fingerprint density at radius 3 is 2.37 bits per heavy atom. The molecule has 3 nitrogen and oxygen atoms in total. The van der Waals surface area contributed by atoms with Gasteiger partial charge in [0.15, 0.2) is 0 Å². The Labute approximate surface area is 116 Å². The van der Waals surface area contributed by atoms with Crippen LogP contribution in [0.15, 0.2) is 24.5 Å². The Hall–Kier alpha value is -1.09. The highest BCUT2D eigenvalue weighted by atomic mass is 15.3. The quantitative estimate of drug-likeness (QED) is 0.773. The molecule has 3 heteroatoms. The fraction of sp³-hybridized carbons (Fsp3) is 0.688. The largest absolute Gasteiger partial charge is 0.371 e. The summed E-state index contributed by atoms with van der Waals surface area (Å²) in [5.41, 5.74) is 2.17. The molecule has 1 unspecified atom stereocenters. The van der Waals surface area contributed by atoms with Crippen LogP contribution in [0.3, 0.4) is 0 Å². The summed E-state index contributed by atoms with van der Waals surface area (Å²) in [7, 11) is 0. The summed E-state index contributed by atoms with van der Waals surface area (Å²) in [6.45, 7) is 11.9. The zero-order valence-electron chi connectivity index (χ0n) is 12.4. The first kappa shape index (κ1) is 12.9. The van der Waals surface area contributed by atoms with E-state index in [1.54, 1.807) is 0 Å². The predicted octanol–water partition coefficient (Wildman–Crippen LogP) is 2.78. The molecule has 2 aliphatic heterocycles. The van der Waals surface area contributed by atoms with Crippen molar-refractivity contribution < 1.29 is 0 Å². The smallest absolute Gasteiger partial charge is 0.0397 e. The minimum Gasteiger partial charge on any atom is -0.371 e. The number of hydrogen-bond donors (Lipinski definition) is 0. The van der Waals surface area contributed by atoms with Crippen LogP contribution in [-0.4, -0.2) is 41.6 Å². The van der Waals surface area contributed by atoms with Gasteiger partial charge in [-0.25, -0.2) is 0 Å². The first-order valence-corrected chi connectivity index (χ1v) is 7.39. The monoisotopic (exact) mass is 259 g/mol. The summed E-state index contributed by atoms with van der Waals surface area (Å²) in [6, 6.07) is 4.27. The van der Waals surface area contributed by atoms with Crippen LogP contribution in [0.25, 0.3) is 0 Å². The first-order chi connectivity index (χ1) is 8.99. The van der Waals surface area contributed by atoms with E-state index in [4.69, 9.17) is 0 Å². The van der Waals surface area contributed by atoms with Crippen LogP contribution in [-0.2, 0) is 0 Å². The average Bonchev–Trinajstić information content (AvgIpc) is 2.98. The van der Waals surface area contributed by atoms with Gasteiger partial charge in [0.1, 0.15) is 0 Å². The molecule has 1 aromatic rings. The van der Waals surface area contributed by atoms with E-state index in [9.17, 15) is 0 Å². The Balaban J connectivity index is 1.70. The van der Waals surface area contributed by atoms with Crippen molar-refractivity contribution in [2.75, 3.05) is 31.1 Å². The Bertz CT molecular complexity index is 437. The van der Waals surface area contributed by atoms with Crippen molar-refractivity contribution in [3.8, 4) is 0 Å². The standard InChI is InChI=1S/C16H25N3/c1-15(2,3)19-11-7-16(13-19)6-10-18(12-16)14-4-8-17-9-5-14/h4-5,8-9H,6-7,10-13H2,1-3H3. The molecule has 1 atom stereocenters. The third-order valence-corrected chi connectivity index (χ3v) is 4.85. The summed E-state index contributed by atoms with van der Waals surface area (Å²) in [5.74, 6) is 0. The molecule has 3 heterocycles. The lowest BCUT2D eigenvalue weighted by atomic mass is 9.86. The molecule has 0 saturated carbocycles. The van der Waals surface area contributed by atoms with E-state index in [2.05, 4.69) is 47.7 Å². The van der Waals surface area contributed by atoms with Crippen LogP contribution in [0.5, 0.6) is 0 Å². The van der Waals surface area contributed by atoms with Gasteiger partial charge in [0.25, 0.3) is 0 Å². The Morgan fingerprint density at radius 1 is 1.05 bits per heavy atom. The molecule has 0 amide bonds. The zero-order valence-corrected chi connectivity index (χ0v) is 12.4. The molecule has 0 radical (unpaired) electrons. The molecule has 3 rings (SSSR count). The minimum atomic E-state index is 0.313. The van der Waals surface area contributed by atoms with Crippen molar-refractivity contribution in [1.82, 2.24) is 9.88 Å². The third kappa shape index (κ3) is 2.48. The highest BCUT2D eigenvalue weighted by molar-refractivity contribution is 5.46. The van der Waals surface area contributed by atoms with E-state index in [1.165, 1.54) is 44.7 Å². The molecule has 19 heavy (non-hydrogen) atoms. The lowest BCUT2D eigenvalue weighted by molar-refractivity contribution is 0.153. The number of nitrogens with zero attached hydrogens (tertiary/aromatic N) is 3. The van der Waals surface area contributed by atoms with Gasteiger partial charge in [-0.05, 0) is 52.3 Å². The van der Waals surface area contributed by atoms with Crippen LogP contribution < -0.4 is 4.90 Å². The number of hydrogen-bond acceptors (Lipinski definition) is 3. The number of anilines is 1. The lowest BCUT2D eigenvalue weighted by Crippen LogP contribution is -2.41. The second-order valence-corrected chi connectivity index (χ2v) is 7.22. The molecular formula is C16H25N3. The van der Waals surface area contributed by atoms with Gasteiger partial charge < -0.3 is 4.90 Å². The first-order valence-electron chi connectivity index (χ1n) is 7.39. The summed E-state index contributed by atoms with van der Waals surface area (Å²) < 4.78 is 0. The van der Waals surface area contributed by atoms with Crippen molar-refractivity contribution in [3.63, 3.8) is 0 Å². The molecule has 0 N–H and O–H groups in total. The van der Waals surface area contributed by atoms with Crippen molar-refractivity contribution in [2.24, 2.45) is 5.41 Å². The van der Waals surface area contributed by atoms with Crippen LogP contribution in [0.2, 0.25) is 0 Å². The molecule has 2 aliphatic rings. The minimum absolute atomic E-state index is 0.313. The second-order valence-electron chi connectivity index (χ2n) is 7.22. The maximum atomic E-state index is 4.12. The van der Waals surface area contributed by atoms with Gasteiger partial charge in [0.05, 0.1) is 0 Å². The molecule has 0 aromatic carbocycles. The van der Waals surface area contributed by atoms with Crippen LogP contribution in [0, 0.1) is 5.41 Å². The average molecular weight is 259 g/mol. The lowest BCUT2D eigenvalue weighted by Gasteiger charge is -2.33. The number of likely N-dealkylation sites (tertiary alicyclic amines) is 1. The fourth-order valence-electron chi connectivity index (χ4n) is 3.55. The number of pyridine rings is 1. The van der Waals surface area contributed by atoms with E-state index in [-0.39, 0.29) is 0 Å². The van der Waals surface area contributed by atoms with Crippen LogP contribution in [0.1, 0.15) is 33.6 Å². The van der Waals surface area contributed by atoms with Crippen LogP contribution in [0.4, 0.5) is 5.69 Å². The van der Waals surface area contributed by atoms with Crippen molar-refractivity contribution in [2.45, 2.75) is 39.2 Å². The van der Waals surface area contributed by atoms with E-state index in [0.29, 0.717) is 11.0 Å². The molecule has 1 spiro atoms. The van der Waals surface area contributed by atoms with Crippen LogP contribution >= 0.6 is 0 Å². The molecule has 104 valence electrons. The second kappa shape index (κ2) is 4.48. The highest BCUT2D eigenvalue weighted by Gasteiger charge is 2.45. The topological polar surface area (TPSA) is 19.4 Å². The molecule has 0 aliphatic carbocycles. The maximum Gasteiger partial charge on any atom is 0.0397 e. The summed E-state index contributed by atoms with van der Waals surface area (Å²) in [6.07, 6.45) is 6.49. The van der Waals surface area contributed by atoms with Gasteiger partial charge in [-0.1, -0.05) is 0 Å². The van der Waals surface area contributed by atoms with Crippen molar-refractivity contribution in [3.05, 3.63) is 24.5 Å². The van der Waals surface area contributed by atoms with Gasteiger partial charge in [-0.3, -0.25) is 9.88 Å². The van der Waals surface area contributed by atoms with Crippen molar-refractivity contribution in [1.29, 1.82) is 0 Å². The summed E-state index contributed by atoms with van der Waals surface area (Å²) in [4.78, 5) is 9.31. The molecule has 0 bridgehead atoms. The van der Waals surface area contributed by atoms with E-state index < -0.39 is 0 Å². The molecule has 2 fully saturated rings. The van der Waals surface area contributed by atoms with E-state index in [0.717, 1.165) is 0 Å².